The van der Waals surface area contributed by atoms with E-state index in [1.54, 1.807) is 6.92 Å². The Morgan fingerprint density at radius 3 is 2.79 bits per heavy atom. The standard InChI is InChI=1S/C12H17FN2O3S/c1-9(14)11-8-15(6-7-18-11)19(16,17)12-5-3-2-4-10(12)13/h2-5,9,11H,6-8,14H2,1H3. The zero-order chi connectivity index (χ0) is 14.0. The Balaban J connectivity index is 2.28. The third-order valence-electron chi connectivity index (χ3n) is 3.10. The maximum absolute atomic E-state index is 13.6. The van der Waals surface area contributed by atoms with Gasteiger partial charge in [0.2, 0.25) is 10.0 Å². The lowest BCUT2D eigenvalue weighted by Gasteiger charge is -2.33. The Morgan fingerprint density at radius 1 is 1.47 bits per heavy atom. The number of sulfonamides is 1. The average molecular weight is 288 g/mol. The van der Waals surface area contributed by atoms with Crippen LogP contribution in [0.4, 0.5) is 4.39 Å². The van der Waals surface area contributed by atoms with Gasteiger partial charge in [0, 0.05) is 19.1 Å². The van der Waals surface area contributed by atoms with Crippen molar-refractivity contribution in [3.63, 3.8) is 0 Å². The van der Waals surface area contributed by atoms with Crippen LogP contribution in [0.25, 0.3) is 0 Å². The summed E-state index contributed by atoms with van der Waals surface area (Å²) in [6.07, 6.45) is -0.365. The van der Waals surface area contributed by atoms with E-state index in [-0.39, 0.29) is 36.7 Å². The van der Waals surface area contributed by atoms with Gasteiger partial charge in [-0.2, -0.15) is 4.31 Å². The molecule has 19 heavy (non-hydrogen) atoms. The minimum atomic E-state index is -3.84. The van der Waals surface area contributed by atoms with Crippen molar-refractivity contribution in [2.75, 3.05) is 19.7 Å². The number of hydrogen-bond acceptors (Lipinski definition) is 4. The molecular formula is C12H17FN2O3S. The van der Waals surface area contributed by atoms with Gasteiger partial charge in [-0.15, -0.1) is 0 Å². The van der Waals surface area contributed by atoms with E-state index >= 15 is 0 Å². The Morgan fingerprint density at radius 2 is 2.16 bits per heavy atom. The molecule has 2 atom stereocenters. The summed E-state index contributed by atoms with van der Waals surface area (Å²) < 4.78 is 45.0. The van der Waals surface area contributed by atoms with Crippen LogP contribution in [0, 0.1) is 5.82 Å². The van der Waals surface area contributed by atoms with Crippen molar-refractivity contribution in [2.24, 2.45) is 5.73 Å². The Kier molecular flexibility index (Phi) is 4.19. The summed E-state index contributed by atoms with van der Waals surface area (Å²) in [5.41, 5.74) is 5.72. The third kappa shape index (κ3) is 2.94. The number of nitrogens with two attached hydrogens (primary N) is 1. The van der Waals surface area contributed by atoms with E-state index in [4.69, 9.17) is 10.5 Å². The fourth-order valence-corrected chi connectivity index (χ4v) is 3.48. The average Bonchev–Trinajstić information content (AvgIpc) is 2.39. The number of morpholine rings is 1. The van der Waals surface area contributed by atoms with Gasteiger partial charge < -0.3 is 10.5 Å². The van der Waals surface area contributed by atoms with Gasteiger partial charge in [0.05, 0.1) is 12.7 Å². The van der Waals surface area contributed by atoms with Crippen molar-refractivity contribution >= 4 is 10.0 Å². The van der Waals surface area contributed by atoms with Crippen LogP contribution in [0.1, 0.15) is 6.92 Å². The van der Waals surface area contributed by atoms with Crippen LogP contribution in [-0.4, -0.2) is 44.6 Å². The fraction of sp³-hybridized carbons (Fsp3) is 0.500. The molecule has 0 radical (unpaired) electrons. The molecule has 0 aliphatic carbocycles. The van der Waals surface area contributed by atoms with Crippen LogP contribution in [0.2, 0.25) is 0 Å². The Labute approximate surface area is 112 Å². The molecule has 106 valence electrons. The first-order valence-electron chi connectivity index (χ1n) is 6.05. The molecule has 0 amide bonds. The lowest BCUT2D eigenvalue weighted by Crippen LogP contribution is -2.51. The lowest BCUT2D eigenvalue weighted by atomic mass is 10.2. The minimum Gasteiger partial charge on any atom is -0.374 e. The second-order valence-corrected chi connectivity index (χ2v) is 6.47. The molecular weight excluding hydrogens is 271 g/mol. The summed E-state index contributed by atoms with van der Waals surface area (Å²) in [5.74, 6) is -0.744. The molecule has 5 nitrogen and oxygen atoms in total. The molecule has 1 aromatic carbocycles. The molecule has 1 saturated heterocycles. The topological polar surface area (TPSA) is 72.6 Å². The van der Waals surface area contributed by atoms with Gasteiger partial charge in [-0.05, 0) is 19.1 Å². The van der Waals surface area contributed by atoms with Gasteiger partial charge in [0.25, 0.3) is 0 Å². The molecule has 7 heteroatoms. The molecule has 1 aliphatic rings. The second kappa shape index (κ2) is 5.54. The smallest absolute Gasteiger partial charge is 0.246 e. The van der Waals surface area contributed by atoms with Crippen LogP contribution in [0.15, 0.2) is 29.2 Å². The van der Waals surface area contributed by atoms with E-state index in [9.17, 15) is 12.8 Å². The Hall–Kier alpha value is -1.02. The third-order valence-corrected chi connectivity index (χ3v) is 5.00. The Bertz CT molecular complexity index is 548. The van der Waals surface area contributed by atoms with E-state index in [2.05, 4.69) is 0 Å². The summed E-state index contributed by atoms with van der Waals surface area (Å²) >= 11 is 0. The minimum absolute atomic E-state index is 0.147. The van der Waals surface area contributed by atoms with Crippen molar-refractivity contribution in [1.29, 1.82) is 0 Å². The summed E-state index contributed by atoms with van der Waals surface area (Å²) in [4.78, 5) is -0.305. The largest absolute Gasteiger partial charge is 0.374 e. The highest BCUT2D eigenvalue weighted by atomic mass is 32.2. The van der Waals surface area contributed by atoms with Crippen LogP contribution in [0.5, 0.6) is 0 Å². The number of benzene rings is 1. The van der Waals surface area contributed by atoms with Gasteiger partial charge in [-0.1, -0.05) is 12.1 Å². The lowest BCUT2D eigenvalue weighted by molar-refractivity contribution is -0.0120. The van der Waals surface area contributed by atoms with Gasteiger partial charge in [-0.3, -0.25) is 0 Å². The SMILES string of the molecule is CC(N)C1CN(S(=O)(=O)c2ccccc2F)CCO1. The van der Waals surface area contributed by atoms with Gasteiger partial charge in [0.15, 0.2) is 0 Å². The molecule has 0 saturated carbocycles. The fourth-order valence-electron chi connectivity index (χ4n) is 1.98. The first-order valence-corrected chi connectivity index (χ1v) is 7.49. The molecule has 1 aliphatic heterocycles. The molecule has 2 unspecified atom stereocenters. The zero-order valence-electron chi connectivity index (χ0n) is 10.6. The number of rotatable bonds is 3. The van der Waals surface area contributed by atoms with E-state index < -0.39 is 15.8 Å². The summed E-state index contributed by atoms with van der Waals surface area (Å²) in [6, 6.07) is 5.08. The van der Waals surface area contributed by atoms with Gasteiger partial charge >= 0.3 is 0 Å². The van der Waals surface area contributed by atoms with E-state index in [1.165, 1.54) is 22.5 Å². The highest BCUT2D eigenvalue weighted by Gasteiger charge is 2.33. The molecule has 1 aromatic rings. The molecule has 1 heterocycles. The van der Waals surface area contributed by atoms with Crippen molar-refractivity contribution < 1.29 is 17.5 Å². The first kappa shape index (κ1) is 14.4. The quantitative estimate of drug-likeness (QED) is 0.882. The molecule has 0 spiro atoms. The van der Waals surface area contributed by atoms with Gasteiger partial charge in [-0.25, -0.2) is 12.8 Å². The molecule has 0 bridgehead atoms. The molecule has 1 fully saturated rings. The number of ether oxygens (including phenoxy) is 1. The summed E-state index contributed by atoms with van der Waals surface area (Å²) in [6.45, 7) is 2.37. The highest BCUT2D eigenvalue weighted by Crippen LogP contribution is 2.21. The predicted molar refractivity (Wildman–Crippen MR) is 68.5 cm³/mol. The molecule has 2 N–H and O–H groups in total. The van der Waals surface area contributed by atoms with Crippen LogP contribution in [0.3, 0.4) is 0 Å². The van der Waals surface area contributed by atoms with Gasteiger partial charge in [0.1, 0.15) is 10.7 Å². The monoisotopic (exact) mass is 288 g/mol. The molecule has 2 rings (SSSR count). The maximum atomic E-state index is 13.6. The van der Waals surface area contributed by atoms with Crippen molar-refractivity contribution in [2.45, 2.75) is 24.0 Å². The normalized spacial score (nSPS) is 23.2. The highest BCUT2D eigenvalue weighted by molar-refractivity contribution is 7.89. The van der Waals surface area contributed by atoms with Crippen LogP contribution in [-0.2, 0) is 14.8 Å². The number of hydrogen-bond donors (Lipinski definition) is 1. The second-order valence-electron chi connectivity index (χ2n) is 4.56. The van der Waals surface area contributed by atoms with Crippen molar-refractivity contribution in [3.05, 3.63) is 30.1 Å². The van der Waals surface area contributed by atoms with E-state index in [1.807, 2.05) is 0 Å². The maximum Gasteiger partial charge on any atom is 0.246 e. The summed E-state index contributed by atoms with van der Waals surface area (Å²) in [7, 11) is -3.84. The predicted octanol–water partition coefficient (Wildman–Crippen LogP) is 0.562. The number of halogens is 1. The van der Waals surface area contributed by atoms with Crippen molar-refractivity contribution in [3.8, 4) is 0 Å². The first-order chi connectivity index (χ1) is 8.93. The summed E-state index contributed by atoms with van der Waals surface area (Å²) in [5, 5.41) is 0. The van der Waals surface area contributed by atoms with E-state index in [0.29, 0.717) is 0 Å². The van der Waals surface area contributed by atoms with Crippen LogP contribution >= 0.6 is 0 Å². The van der Waals surface area contributed by atoms with Crippen molar-refractivity contribution in [1.82, 2.24) is 4.31 Å². The zero-order valence-corrected chi connectivity index (χ0v) is 11.4. The van der Waals surface area contributed by atoms with E-state index in [0.717, 1.165) is 6.07 Å². The van der Waals surface area contributed by atoms with Crippen LogP contribution < -0.4 is 5.73 Å². The number of nitrogens with zero attached hydrogens (tertiary/aromatic N) is 1. The molecule has 0 aromatic heterocycles.